The Bertz CT molecular complexity index is 764. The Labute approximate surface area is 123 Å². The highest BCUT2D eigenvalue weighted by atomic mass is 16.3. The summed E-state index contributed by atoms with van der Waals surface area (Å²) >= 11 is 0. The van der Waals surface area contributed by atoms with Gasteiger partial charge in [0.15, 0.2) is 11.5 Å². The van der Waals surface area contributed by atoms with Gasteiger partial charge in [-0.25, -0.2) is 0 Å². The van der Waals surface area contributed by atoms with Gasteiger partial charge in [-0.2, -0.15) is 0 Å². The van der Waals surface area contributed by atoms with Crippen molar-refractivity contribution in [2.24, 2.45) is 0 Å². The number of phenols is 2. The van der Waals surface area contributed by atoms with Crippen molar-refractivity contribution in [3.05, 3.63) is 59.2 Å². The maximum absolute atomic E-state index is 10.4. The Morgan fingerprint density at radius 2 is 1.95 bits per heavy atom. The van der Waals surface area contributed by atoms with Crippen LogP contribution in [0.5, 0.6) is 11.5 Å². The molecule has 2 aromatic carbocycles. The van der Waals surface area contributed by atoms with Crippen LogP contribution in [0.4, 0.5) is 0 Å². The lowest BCUT2D eigenvalue weighted by molar-refractivity contribution is 0.403. The lowest BCUT2D eigenvalue weighted by atomic mass is 9.78. The van der Waals surface area contributed by atoms with Crippen LogP contribution >= 0.6 is 0 Å². The first-order chi connectivity index (χ1) is 10.2. The van der Waals surface area contributed by atoms with Crippen molar-refractivity contribution in [1.82, 2.24) is 5.32 Å². The van der Waals surface area contributed by atoms with Gasteiger partial charge in [-0.05, 0) is 46.7 Å². The van der Waals surface area contributed by atoms with Gasteiger partial charge >= 0.3 is 0 Å². The van der Waals surface area contributed by atoms with Crippen LogP contribution in [0.3, 0.4) is 0 Å². The van der Waals surface area contributed by atoms with Gasteiger partial charge in [0.05, 0.1) is 0 Å². The van der Waals surface area contributed by atoms with E-state index in [4.69, 9.17) is 0 Å². The predicted octanol–water partition coefficient (Wildman–Crippen LogP) is 3.19. The summed E-state index contributed by atoms with van der Waals surface area (Å²) in [5.41, 5.74) is 6.68. The molecule has 3 N–H and O–H groups in total. The molecule has 1 heterocycles. The molecule has 0 saturated carbocycles. The average molecular weight is 279 g/mol. The lowest BCUT2D eigenvalue weighted by Gasteiger charge is -2.27. The molecule has 0 saturated heterocycles. The third-order valence-electron chi connectivity index (χ3n) is 4.59. The molecule has 2 aliphatic rings. The Morgan fingerprint density at radius 1 is 1.14 bits per heavy atom. The first-order valence-corrected chi connectivity index (χ1v) is 7.23. The summed E-state index contributed by atoms with van der Waals surface area (Å²) in [7, 11) is 0. The second-order valence-corrected chi connectivity index (χ2v) is 5.77. The van der Waals surface area contributed by atoms with E-state index in [0.717, 1.165) is 41.6 Å². The normalized spacial score (nSPS) is 18.2. The number of aromatic hydroxyl groups is 2. The number of benzene rings is 2. The number of allylic oxidation sites excluding steroid dienone is 1. The summed E-state index contributed by atoms with van der Waals surface area (Å²) in [4.78, 5) is 0. The molecule has 3 heteroatoms. The van der Waals surface area contributed by atoms with Crippen LogP contribution < -0.4 is 5.32 Å². The fraction of sp³-hybridized carbons (Fsp3) is 0.222. The molecule has 0 fully saturated rings. The molecule has 1 unspecified atom stereocenters. The molecule has 0 bridgehead atoms. The molecule has 0 aromatic heterocycles. The number of rotatable bonds is 2. The summed E-state index contributed by atoms with van der Waals surface area (Å²) in [6.07, 6.45) is 3.48. The minimum Gasteiger partial charge on any atom is -0.504 e. The van der Waals surface area contributed by atoms with Gasteiger partial charge in [0.1, 0.15) is 0 Å². The zero-order chi connectivity index (χ0) is 14.6. The van der Waals surface area contributed by atoms with Gasteiger partial charge in [0.25, 0.3) is 0 Å². The predicted molar refractivity (Wildman–Crippen MR) is 82.4 cm³/mol. The summed E-state index contributed by atoms with van der Waals surface area (Å²) in [6.45, 7) is 4.69. The Kier molecular flexibility index (Phi) is 2.59. The maximum atomic E-state index is 10.4. The highest BCUT2D eigenvalue weighted by molar-refractivity contribution is 5.84. The molecule has 1 aliphatic carbocycles. The van der Waals surface area contributed by atoms with Gasteiger partial charge in [-0.15, -0.1) is 6.58 Å². The van der Waals surface area contributed by atoms with Crippen LogP contribution in [0, 0.1) is 0 Å². The molecule has 1 atom stereocenters. The molecule has 2 aromatic rings. The number of fused-ring (bicyclic) bond motifs is 2. The SMILES string of the molecule is C=CCc1ccc2c3c1-c1c(ccc(O)c1O)CC3NC2. The number of hydrogen-bond donors (Lipinski definition) is 3. The van der Waals surface area contributed by atoms with Crippen molar-refractivity contribution in [1.29, 1.82) is 0 Å². The second-order valence-electron chi connectivity index (χ2n) is 5.77. The summed E-state index contributed by atoms with van der Waals surface area (Å²) in [6, 6.07) is 8.06. The third-order valence-corrected chi connectivity index (χ3v) is 4.59. The van der Waals surface area contributed by atoms with E-state index in [-0.39, 0.29) is 11.5 Å². The fourth-order valence-corrected chi connectivity index (χ4v) is 3.68. The third kappa shape index (κ3) is 1.64. The van der Waals surface area contributed by atoms with Crippen LogP contribution in [0.15, 0.2) is 36.9 Å². The molecule has 106 valence electrons. The van der Waals surface area contributed by atoms with Gasteiger partial charge in [0.2, 0.25) is 0 Å². The van der Waals surface area contributed by atoms with E-state index in [0.29, 0.717) is 6.04 Å². The molecule has 4 rings (SSSR count). The molecular formula is C18H17NO2. The summed E-state index contributed by atoms with van der Waals surface area (Å²) in [5, 5.41) is 23.8. The van der Waals surface area contributed by atoms with Crippen molar-refractivity contribution in [3.8, 4) is 22.6 Å². The van der Waals surface area contributed by atoms with Crippen molar-refractivity contribution in [3.63, 3.8) is 0 Å². The molecule has 1 aliphatic heterocycles. The van der Waals surface area contributed by atoms with Gasteiger partial charge < -0.3 is 15.5 Å². The standard InChI is InChI=1S/C18H17NO2/c1-2-3-10-4-5-12-9-19-13-8-11-6-7-14(20)18(21)17(11)16(10)15(12)13/h2,4-7,13,19-21H,1,3,8-9H2. The van der Waals surface area contributed by atoms with Crippen molar-refractivity contribution in [2.75, 3.05) is 0 Å². The highest BCUT2D eigenvalue weighted by Gasteiger charge is 2.34. The monoisotopic (exact) mass is 279 g/mol. The molecule has 0 radical (unpaired) electrons. The van der Waals surface area contributed by atoms with Gasteiger partial charge in [-0.3, -0.25) is 0 Å². The van der Waals surface area contributed by atoms with Gasteiger partial charge in [-0.1, -0.05) is 24.3 Å². The van der Waals surface area contributed by atoms with Crippen LogP contribution in [0.1, 0.15) is 28.3 Å². The van der Waals surface area contributed by atoms with E-state index >= 15 is 0 Å². The Morgan fingerprint density at radius 3 is 2.76 bits per heavy atom. The minimum atomic E-state index is -0.0553. The van der Waals surface area contributed by atoms with E-state index in [2.05, 4.69) is 24.0 Å². The lowest BCUT2D eigenvalue weighted by Crippen LogP contribution is -2.19. The van der Waals surface area contributed by atoms with E-state index in [1.807, 2.05) is 12.1 Å². The highest BCUT2D eigenvalue weighted by Crippen LogP contribution is 2.50. The topological polar surface area (TPSA) is 52.5 Å². The van der Waals surface area contributed by atoms with E-state index in [9.17, 15) is 10.2 Å². The number of phenolic OH excluding ortho intramolecular Hbond substituents is 2. The first kappa shape index (κ1) is 12.5. The number of hydrogen-bond acceptors (Lipinski definition) is 3. The minimum absolute atomic E-state index is 0.00318. The molecule has 21 heavy (non-hydrogen) atoms. The second kappa shape index (κ2) is 4.37. The van der Waals surface area contributed by atoms with Crippen LogP contribution in [-0.2, 0) is 19.4 Å². The van der Waals surface area contributed by atoms with E-state index in [1.54, 1.807) is 6.07 Å². The fourth-order valence-electron chi connectivity index (χ4n) is 3.68. The largest absolute Gasteiger partial charge is 0.504 e. The molecule has 3 nitrogen and oxygen atoms in total. The maximum Gasteiger partial charge on any atom is 0.165 e. The first-order valence-electron chi connectivity index (χ1n) is 7.23. The molecular weight excluding hydrogens is 262 g/mol. The smallest absolute Gasteiger partial charge is 0.165 e. The summed E-state index contributed by atoms with van der Waals surface area (Å²) < 4.78 is 0. The van der Waals surface area contributed by atoms with Crippen LogP contribution in [-0.4, -0.2) is 10.2 Å². The van der Waals surface area contributed by atoms with Gasteiger partial charge in [0, 0.05) is 18.2 Å². The van der Waals surface area contributed by atoms with Crippen molar-refractivity contribution >= 4 is 0 Å². The zero-order valence-corrected chi connectivity index (χ0v) is 11.7. The van der Waals surface area contributed by atoms with E-state index in [1.165, 1.54) is 11.1 Å². The van der Waals surface area contributed by atoms with Crippen LogP contribution in [0.25, 0.3) is 11.1 Å². The zero-order valence-electron chi connectivity index (χ0n) is 11.7. The average Bonchev–Trinajstić information content (AvgIpc) is 2.89. The Balaban J connectivity index is 2.09. The molecule has 0 amide bonds. The van der Waals surface area contributed by atoms with Crippen LogP contribution in [0.2, 0.25) is 0 Å². The number of nitrogens with one attached hydrogen (secondary N) is 1. The quantitative estimate of drug-likeness (QED) is 0.584. The van der Waals surface area contributed by atoms with Crippen molar-refractivity contribution < 1.29 is 10.2 Å². The molecule has 0 spiro atoms. The summed E-state index contributed by atoms with van der Waals surface area (Å²) in [5.74, 6) is -0.0584. The van der Waals surface area contributed by atoms with E-state index < -0.39 is 0 Å². The Hall–Kier alpha value is -2.26. The van der Waals surface area contributed by atoms with Crippen molar-refractivity contribution in [2.45, 2.75) is 25.4 Å².